The summed E-state index contributed by atoms with van der Waals surface area (Å²) in [6.07, 6.45) is 0. The van der Waals surface area contributed by atoms with Gasteiger partial charge in [-0.15, -0.1) is 0 Å². The van der Waals surface area contributed by atoms with Gasteiger partial charge in [0.05, 0.1) is 0 Å². The van der Waals surface area contributed by atoms with Crippen LogP contribution in [0.4, 0.5) is 8.78 Å². The molecule has 0 atom stereocenters. The van der Waals surface area contributed by atoms with Crippen LogP contribution in [0.1, 0.15) is 5.56 Å². The minimum absolute atomic E-state index is 0.282. The summed E-state index contributed by atoms with van der Waals surface area (Å²) in [6, 6.07) is 3.38. The van der Waals surface area contributed by atoms with Crippen molar-refractivity contribution < 1.29 is 23.4 Å². The van der Waals surface area contributed by atoms with E-state index < -0.39 is 17.6 Å². The largest absolute Gasteiger partial charge is 0.508 e. The van der Waals surface area contributed by atoms with E-state index in [2.05, 4.69) is 4.74 Å². The van der Waals surface area contributed by atoms with Crippen molar-refractivity contribution in [3.05, 3.63) is 41.2 Å². The number of cyclic esters (lactones) is 1. The van der Waals surface area contributed by atoms with Crippen molar-refractivity contribution in [2.45, 2.75) is 0 Å². The number of rotatable bonds is 1. The normalized spacial score (nSPS) is 15.7. The number of carbonyl (C=O) groups is 1. The van der Waals surface area contributed by atoms with Crippen molar-refractivity contribution in [2.24, 2.45) is 0 Å². The molecule has 0 saturated heterocycles. The second kappa shape index (κ2) is 3.34. The summed E-state index contributed by atoms with van der Waals surface area (Å²) >= 11 is 0. The van der Waals surface area contributed by atoms with E-state index in [1.165, 1.54) is 12.1 Å². The molecule has 0 saturated carbocycles. The van der Waals surface area contributed by atoms with Gasteiger partial charge in [-0.05, 0) is 6.07 Å². The van der Waals surface area contributed by atoms with Gasteiger partial charge in [0.2, 0.25) is 0 Å². The van der Waals surface area contributed by atoms with Crippen molar-refractivity contribution in [2.75, 3.05) is 6.61 Å². The Labute approximate surface area is 83.6 Å². The maximum atomic E-state index is 13.3. The molecule has 1 aliphatic rings. The number of halogens is 2. The van der Waals surface area contributed by atoms with Crippen LogP contribution < -0.4 is 0 Å². The van der Waals surface area contributed by atoms with Crippen LogP contribution in [0.15, 0.2) is 24.0 Å². The maximum absolute atomic E-state index is 13.3. The van der Waals surface area contributed by atoms with Gasteiger partial charge >= 0.3 is 5.97 Å². The first-order valence-electron chi connectivity index (χ1n) is 4.15. The Kier molecular flexibility index (Phi) is 2.15. The molecule has 0 radical (unpaired) electrons. The van der Waals surface area contributed by atoms with Gasteiger partial charge in [-0.25, -0.2) is 13.6 Å². The van der Waals surface area contributed by atoms with Crippen LogP contribution in [0.25, 0.3) is 5.57 Å². The molecule has 0 fully saturated rings. The van der Waals surface area contributed by atoms with Gasteiger partial charge in [0.1, 0.15) is 17.9 Å². The lowest BCUT2D eigenvalue weighted by molar-refractivity contribution is -0.134. The first-order chi connectivity index (χ1) is 7.11. The van der Waals surface area contributed by atoms with E-state index in [0.29, 0.717) is 0 Å². The number of benzene rings is 1. The SMILES string of the molecule is O=C1OCC(O)=C1c1cccc(F)c1F. The number of carbonyl (C=O) groups excluding carboxylic acids is 1. The molecule has 1 N–H and O–H groups in total. The second-order valence-corrected chi connectivity index (χ2v) is 3.00. The zero-order valence-electron chi connectivity index (χ0n) is 7.46. The Hall–Kier alpha value is -1.91. The van der Waals surface area contributed by atoms with Crippen LogP contribution in [-0.4, -0.2) is 17.7 Å². The van der Waals surface area contributed by atoms with Gasteiger partial charge in [0, 0.05) is 5.56 Å². The lowest BCUT2D eigenvalue weighted by atomic mass is 10.1. The van der Waals surface area contributed by atoms with Gasteiger partial charge in [0.25, 0.3) is 0 Å². The van der Waals surface area contributed by atoms with Crippen LogP contribution in [0.3, 0.4) is 0 Å². The van der Waals surface area contributed by atoms with Crippen molar-refractivity contribution in [1.29, 1.82) is 0 Å². The zero-order valence-corrected chi connectivity index (χ0v) is 7.46. The number of aliphatic hydroxyl groups is 1. The third kappa shape index (κ3) is 1.45. The third-order valence-corrected chi connectivity index (χ3v) is 2.05. The molecule has 0 spiro atoms. The first kappa shape index (κ1) is 9.64. The molecule has 0 amide bonds. The number of ether oxygens (including phenoxy) is 1. The molecule has 1 aromatic carbocycles. The van der Waals surface area contributed by atoms with Crippen LogP contribution in [-0.2, 0) is 9.53 Å². The maximum Gasteiger partial charge on any atom is 0.342 e. The van der Waals surface area contributed by atoms with E-state index in [9.17, 15) is 18.7 Å². The van der Waals surface area contributed by atoms with Crippen LogP contribution in [0, 0.1) is 11.6 Å². The molecule has 0 aliphatic carbocycles. The van der Waals surface area contributed by atoms with E-state index in [4.69, 9.17) is 0 Å². The Morgan fingerprint density at radius 3 is 2.67 bits per heavy atom. The highest BCUT2D eigenvalue weighted by atomic mass is 19.2. The fourth-order valence-electron chi connectivity index (χ4n) is 1.36. The summed E-state index contributed by atoms with van der Waals surface area (Å²) in [6.45, 7) is -0.301. The molecule has 0 unspecified atom stereocenters. The van der Waals surface area contributed by atoms with E-state index in [1.54, 1.807) is 0 Å². The Morgan fingerprint density at radius 2 is 2.07 bits per heavy atom. The molecule has 1 heterocycles. The van der Waals surface area contributed by atoms with Crippen molar-refractivity contribution >= 4 is 11.5 Å². The molecular formula is C10H6F2O3. The molecule has 78 valence electrons. The van der Waals surface area contributed by atoms with Crippen molar-refractivity contribution in [3.8, 4) is 0 Å². The van der Waals surface area contributed by atoms with E-state index >= 15 is 0 Å². The highest BCUT2D eigenvalue weighted by Gasteiger charge is 2.29. The van der Waals surface area contributed by atoms with Crippen molar-refractivity contribution in [3.63, 3.8) is 0 Å². The van der Waals surface area contributed by atoms with Crippen LogP contribution in [0.5, 0.6) is 0 Å². The van der Waals surface area contributed by atoms with E-state index in [-0.39, 0.29) is 23.5 Å². The topological polar surface area (TPSA) is 46.5 Å². The smallest absolute Gasteiger partial charge is 0.342 e. The van der Waals surface area contributed by atoms with Gasteiger partial charge in [-0.3, -0.25) is 0 Å². The summed E-state index contributed by atoms with van der Waals surface area (Å²) in [4.78, 5) is 11.1. The minimum atomic E-state index is -1.17. The third-order valence-electron chi connectivity index (χ3n) is 2.05. The van der Waals surface area contributed by atoms with Crippen LogP contribution >= 0.6 is 0 Å². The Morgan fingerprint density at radius 1 is 1.33 bits per heavy atom. The number of aliphatic hydroxyl groups excluding tert-OH is 1. The minimum Gasteiger partial charge on any atom is -0.508 e. The van der Waals surface area contributed by atoms with Crippen molar-refractivity contribution in [1.82, 2.24) is 0 Å². The summed E-state index contributed by atoms with van der Waals surface area (Å²) in [5, 5.41) is 9.27. The summed E-state index contributed by atoms with van der Waals surface area (Å²) in [5.41, 5.74) is -0.595. The highest BCUT2D eigenvalue weighted by Crippen LogP contribution is 2.27. The Balaban J connectivity index is 2.60. The predicted octanol–water partition coefficient (Wildman–Crippen LogP) is 1.79. The summed E-state index contributed by atoms with van der Waals surface area (Å²) in [7, 11) is 0. The molecule has 0 aromatic heterocycles. The molecule has 2 rings (SSSR count). The Bertz CT molecular complexity index is 466. The monoisotopic (exact) mass is 212 g/mol. The van der Waals surface area contributed by atoms with Gasteiger partial charge in [0.15, 0.2) is 11.6 Å². The predicted molar refractivity (Wildman–Crippen MR) is 46.9 cm³/mol. The van der Waals surface area contributed by atoms with Gasteiger partial charge in [-0.2, -0.15) is 0 Å². The summed E-state index contributed by atoms with van der Waals surface area (Å²) < 4.78 is 30.6. The van der Waals surface area contributed by atoms with E-state index in [1.807, 2.05) is 0 Å². The molecule has 1 aromatic rings. The van der Waals surface area contributed by atoms with E-state index in [0.717, 1.165) is 6.07 Å². The molecule has 15 heavy (non-hydrogen) atoms. The fourth-order valence-corrected chi connectivity index (χ4v) is 1.36. The lowest BCUT2D eigenvalue weighted by Crippen LogP contribution is -2.02. The number of hydrogen-bond acceptors (Lipinski definition) is 3. The second-order valence-electron chi connectivity index (χ2n) is 3.00. The number of esters is 1. The first-order valence-corrected chi connectivity index (χ1v) is 4.15. The molecular weight excluding hydrogens is 206 g/mol. The fraction of sp³-hybridized carbons (Fsp3) is 0.100. The van der Waals surface area contributed by atoms with Gasteiger partial charge < -0.3 is 9.84 Å². The van der Waals surface area contributed by atoms with Crippen LogP contribution in [0.2, 0.25) is 0 Å². The zero-order chi connectivity index (χ0) is 11.0. The average Bonchev–Trinajstić information content (AvgIpc) is 2.52. The number of hydrogen-bond donors (Lipinski definition) is 1. The summed E-state index contributed by atoms with van der Waals surface area (Å²) in [5.74, 6) is -3.48. The lowest BCUT2D eigenvalue weighted by Gasteiger charge is -2.02. The standard InChI is InChI=1S/C10H6F2O3/c11-6-3-1-2-5(9(6)12)8-7(13)4-15-10(8)14/h1-3,13H,4H2. The van der Waals surface area contributed by atoms with Gasteiger partial charge in [-0.1, -0.05) is 12.1 Å². The molecule has 3 nitrogen and oxygen atoms in total. The quantitative estimate of drug-likeness (QED) is 0.722. The molecule has 0 bridgehead atoms. The molecule has 5 heteroatoms. The molecule has 1 aliphatic heterocycles. The average molecular weight is 212 g/mol. The highest BCUT2D eigenvalue weighted by molar-refractivity contribution is 6.18.